The third-order valence-electron chi connectivity index (χ3n) is 4.13. The first-order valence-electron chi connectivity index (χ1n) is 7.60. The van der Waals surface area contributed by atoms with Gasteiger partial charge in [0.25, 0.3) is 5.91 Å². The molecule has 6 heteroatoms. The summed E-state index contributed by atoms with van der Waals surface area (Å²) in [7, 11) is 3.13. The number of benzene rings is 1. The van der Waals surface area contributed by atoms with Gasteiger partial charge in [-0.3, -0.25) is 4.79 Å². The average Bonchev–Trinajstić information content (AvgIpc) is 3.21. The molecule has 0 N–H and O–H groups in total. The van der Waals surface area contributed by atoms with Crippen LogP contribution in [0.15, 0.2) is 28.8 Å². The van der Waals surface area contributed by atoms with Crippen molar-refractivity contribution in [3.8, 4) is 11.5 Å². The molecule has 1 aromatic carbocycles. The molecule has 122 valence electrons. The van der Waals surface area contributed by atoms with Crippen LogP contribution in [0.5, 0.6) is 11.5 Å². The largest absolute Gasteiger partial charge is 0.493 e. The van der Waals surface area contributed by atoms with E-state index in [9.17, 15) is 4.79 Å². The highest BCUT2D eigenvalue weighted by Crippen LogP contribution is 2.34. The van der Waals surface area contributed by atoms with E-state index in [2.05, 4.69) is 5.16 Å². The monoisotopic (exact) mass is 316 g/mol. The molecule has 0 spiro atoms. The van der Waals surface area contributed by atoms with Crippen LogP contribution in [0.2, 0.25) is 0 Å². The second-order valence-corrected chi connectivity index (χ2v) is 5.59. The van der Waals surface area contributed by atoms with Crippen LogP contribution in [-0.4, -0.2) is 36.7 Å². The van der Waals surface area contributed by atoms with Crippen molar-refractivity contribution < 1.29 is 18.8 Å². The number of nitrogens with zero attached hydrogens (tertiary/aromatic N) is 2. The molecule has 0 aliphatic carbocycles. The Kier molecular flexibility index (Phi) is 4.23. The number of hydrogen-bond acceptors (Lipinski definition) is 5. The van der Waals surface area contributed by atoms with Gasteiger partial charge >= 0.3 is 0 Å². The van der Waals surface area contributed by atoms with Crippen molar-refractivity contribution in [2.24, 2.45) is 0 Å². The van der Waals surface area contributed by atoms with Gasteiger partial charge in [0.1, 0.15) is 11.5 Å². The Morgan fingerprint density at radius 1 is 1.26 bits per heavy atom. The van der Waals surface area contributed by atoms with Gasteiger partial charge < -0.3 is 18.9 Å². The molecular formula is C17H20N2O4. The Balaban J connectivity index is 1.87. The molecule has 1 atom stereocenters. The zero-order chi connectivity index (χ0) is 16.4. The normalized spacial score (nSPS) is 17.3. The number of carbonyl (C=O) groups is 1. The second kappa shape index (κ2) is 6.32. The minimum Gasteiger partial charge on any atom is -0.493 e. The number of likely N-dealkylation sites (tertiary alicyclic amines) is 1. The minimum absolute atomic E-state index is 0.0332. The Hall–Kier alpha value is -2.50. The molecule has 1 aliphatic heterocycles. The summed E-state index contributed by atoms with van der Waals surface area (Å²) in [6.45, 7) is 2.57. The molecule has 6 nitrogen and oxygen atoms in total. The molecule has 2 aromatic rings. The van der Waals surface area contributed by atoms with Crippen LogP contribution in [0.1, 0.15) is 40.7 Å². The lowest BCUT2D eigenvalue weighted by molar-refractivity contribution is 0.0730. The Bertz CT molecular complexity index is 710. The second-order valence-electron chi connectivity index (χ2n) is 5.59. The fourth-order valence-electron chi connectivity index (χ4n) is 3.00. The standard InChI is InChI=1S/C17H20N2O4/c1-11-9-13(18-23-11)14-5-4-8-19(14)17(20)12-6-7-15(21-2)16(10-12)22-3/h6-7,9-10,14H,4-5,8H2,1-3H3. The third-order valence-corrected chi connectivity index (χ3v) is 4.13. The maximum atomic E-state index is 12.9. The number of ether oxygens (including phenoxy) is 2. The number of hydrogen-bond donors (Lipinski definition) is 0. The van der Waals surface area contributed by atoms with Gasteiger partial charge in [0, 0.05) is 18.2 Å². The van der Waals surface area contributed by atoms with E-state index in [0.29, 0.717) is 23.6 Å². The van der Waals surface area contributed by atoms with Gasteiger partial charge in [-0.05, 0) is 38.0 Å². The van der Waals surface area contributed by atoms with E-state index in [4.69, 9.17) is 14.0 Å². The molecule has 1 aliphatic rings. The number of carbonyl (C=O) groups excluding carboxylic acids is 1. The molecule has 0 radical (unpaired) electrons. The van der Waals surface area contributed by atoms with Crippen LogP contribution in [0.25, 0.3) is 0 Å². The fourth-order valence-corrected chi connectivity index (χ4v) is 3.00. The summed E-state index contributed by atoms with van der Waals surface area (Å²) in [5.74, 6) is 1.88. The number of methoxy groups -OCH3 is 2. The summed E-state index contributed by atoms with van der Waals surface area (Å²) in [6.07, 6.45) is 1.85. The van der Waals surface area contributed by atoms with E-state index in [1.54, 1.807) is 32.4 Å². The number of aromatic nitrogens is 1. The van der Waals surface area contributed by atoms with Crippen molar-refractivity contribution in [3.05, 3.63) is 41.3 Å². The van der Waals surface area contributed by atoms with E-state index in [0.717, 1.165) is 24.3 Å². The highest BCUT2D eigenvalue weighted by atomic mass is 16.5. The minimum atomic E-state index is -0.0342. The number of rotatable bonds is 4. The van der Waals surface area contributed by atoms with Crippen LogP contribution >= 0.6 is 0 Å². The van der Waals surface area contributed by atoms with Crippen molar-refractivity contribution in [2.75, 3.05) is 20.8 Å². The molecule has 1 fully saturated rings. The lowest BCUT2D eigenvalue weighted by Crippen LogP contribution is -2.30. The van der Waals surface area contributed by atoms with Gasteiger partial charge in [-0.2, -0.15) is 0 Å². The summed E-state index contributed by atoms with van der Waals surface area (Å²) in [5, 5.41) is 4.07. The van der Waals surface area contributed by atoms with Gasteiger partial charge in [0.05, 0.1) is 20.3 Å². The first-order valence-corrected chi connectivity index (χ1v) is 7.60. The van der Waals surface area contributed by atoms with Gasteiger partial charge in [-0.25, -0.2) is 0 Å². The van der Waals surface area contributed by atoms with Crippen LogP contribution < -0.4 is 9.47 Å². The summed E-state index contributed by atoms with van der Waals surface area (Å²) in [5.41, 5.74) is 1.39. The summed E-state index contributed by atoms with van der Waals surface area (Å²) in [6, 6.07) is 7.08. The first-order chi connectivity index (χ1) is 11.1. The van der Waals surface area contributed by atoms with Crippen LogP contribution in [0, 0.1) is 6.92 Å². The summed E-state index contributed by atoms with van der Waals surface area (Å²) >= 11 is 0. The van der Waals surface area contributed by atoms with E-state index in [-0.39, 0.29) is 11.9 Å². The van der Waals surface area contributed by atoms with Crippen molar-refractivity contribution in [3.63, 3.8) is 0 Å². The van der Waals surface area contributed by atoms with Crippen molar-refractivity contribution >= 4 is 5.91 Å². The molecule has 0 bridgehead atoms. The average molecular weight is 316 g/mol. The molecule has 1 unspecified atom stereocenters. The smallest absolute Gasteiger partial charge is 0.254 e. The predicted octanol–water partition coefficient (Wildman–Crippen LogP) is 2.98. The molecule has 1 aromatic heterocycles. The molecule has 1 amide bonds. The highest BCUT2D eigenvalue weighted by molar-refractivity contribution is 5.95. The topological polar surface area (TPSA) is 64.8 Å². The van der Waals surface area contributed by atoms with Gasteiger partial charge in [-0.15, -0.1) is 0 Å². The van der Waals surface area contributed by atoms with Gasteiger partial charge in [0.2, 0.25) is 0 Å². The Labute approximate surface area is 135 Å². The quantitative estimate of drug-likeness (QED) is 0.867. The Morgan fingerprint density at radius 3 is 2.70 bits per heavy atom. The predicted molar refractivity (Wildman–Crippen MR) is 83.8 cm³/mol. The SMILES string of the molecule is COc1ccc(C(=O)N2CCCC2c2cc(C)on2)cc1OC. The van der Waals surface area contributed by atoms with Crippen molar-refractivity contribution in [2.45, 2.75) is 25.8 Å². The fraction of sp³-hybridized carbons (Fsp3) is 0.412. The van der Waals surface area contributed by atoms with E-state index >= 15 is 0 Å². The van der Waals surface area contributed by atoms with Gasteiger partial charge in [-0.1, -0.05) is 5.16 Å². The summed E-state index contributed by atoms with van der Waals surface area (Å²) < 4.78 is 15.7. The van der Waals surface area contributed by atoms with Crippen molar-refractivity contribution in [1.82, 2.24) is 10.1 Å². The van der Waals surface area contributed by atoms with Crippen molar-refractivity contribution in [1.29, 1.82) is 0 Å². The molecule has 0 saturated carbocycles. The molecule has 1 saturated heterocycles. The van der Waals surface area contributed by atoms with E-state index in [1.165, 1.54) is 0 Å². The van der Waals surface area contributed by atoms with Crippen LogP contribution in [0.4, 0.5) is 0 Å². The zero-order valence-corrected chi connectivity index (χ0v) is 13.5. The molecule has 3 rings (SSSR count). The lowest BCUT2D eigenvalue weighted by Gasteiger charge is -2.23. The number of amides is 1. The van der Waals surface area contributed by atoms with Crippen LogP contribution in [-0.2, 0) is 0 Å². The van der Waals surface area contributed by atoms with E-state index < -0.39 is 0 Å². The lowest BCUT2D eigenvalue weighted by atomic mass is 10.1. The molecular weight excluding hydrogens is 296 g/mol. The number of aryl methyl sites for hydroxylation is 1. The first kappa shape index (κ1) is 15.4. The Morgan fingerprint density at radius 2 is 2.04 bits per heavy atom. The van der Waals surface area contributed by atoms with E-state index in [1.807, 2.05) is 17.9 Å². The molecule has 23 heavy (non-hydrogen) atoms. The van der Waals surface area contributed by atoms with Crippen LogP contribution in [0.3, 0.4) is 0 Å². The summed E-state index contributed by atoms with van der Waals surface area (Å²) in [4.78, 5) is 14.7. The zero-order valence-electron chi connectivity index (χ0n) is 13.5. The highest BCUT2D eigenvalue weighted by Gasteiger charge is 2.32. The molecule has 2 heterocycles. The van der Waals surface area contributed by atoms with Gasteiger partial charge in [0.15, 0.2) is 11.5 Å². The third kappa shape index (κ3) is 2.88. The maximum absolute atomic E-state index is 12.9. The maximum Gasteiger partial charge on any atom is 0.254 e.